The molecule has 1 aliphatic heterocycles. The number of carbonyl (C=O) groups excluding carboxylic acids is 1. The molecule has 0 radical (unpaired) electrons. The second kappa shape index (κ2) is 6.68. The van der Waals surface area contributed by atoms with E-state index in [1.165, 1.54) is 12.1 Å². The van der Waals surface area contributed by atoms with Crippen LogP contribution in [0.5, 0.6) is 0 Å². The Balaban J connectivity index is 1.95. The van der Waals surface area contributed by atoms with Crippen LogP contribution in [0.4, 0.5) is 5.88 Å². The molecule has 1 unspecified atom stereocenters. The van der Waals surface area contributed by atoms with Crippen molar-refractivity contribution in [2.24, 2.45) is 0 Å². The number of hydrogen-bond acceptors (Lipinski definition) is 6. The first-order valence-electron chi connectivity index (χ1n) is 6.95. The minimum Gasteiger partial charge on any atom is -0.395 e. The van der Waals surface area contributed by atoms with Crippen LogP contribution in [0, 0.1) is 10.1 Å². The number of rotatable bonds is 5. The third-order valence-electron chi connectivity index (χ3n) is 3.78. The molecule has 21 heavy (non-hydrogen) atoms. The van der Waals surface area contributed by atoms with E-state index in [2.05, 4.69) is 4.90 Å². The Morgan fingerprint density at radius 2 is 2.10 bits per heavy atom. The van der Waals surface area contributed by atoms with Crippen molar-refractivity contribution in [1.29, 1.82) is 0 Å². The third-order valence-corrected chi connectivity index (χ3v) is 3.78. The highest BCUT2D eigenvalue weighted by atomic mass is 16.6. The van der Waals surface area contributed by atoms with Crippen molar-refractivity contribution < 1.29 is 19.2 Å². The average molecular weight is 297 g/mol. The molecule has 1 saturated heterocycles. The molecule has 0 aliphatic carbocycles. The van der Waals surface area contributed by atoms with E-state index in [-0.39, 0.29) is 24.3 Å². The van der Waals surface area contributed by atoms with Gasteiger partial charge in [0, 0.05) is 32.2 Å². The fourth-order valence-corrected chi connectivity index (χ4v) is 2.49. The molecule has 0 aromatic carbocycles. The number of hydrogen-bond donors (Lipinski definition) is 1. The number of aliphatic hydroxyl groups is 1. The smallest absolute Gasteiger partial charge is 0.395 e. The minimum atomic E-state index is -0.665. The first-order valence-corrected chi connectivity index (χ1v) is 6.95. The summed E-state index contributed by atoms with van der Waals surface area (Å²) in [6, 6.07) is 2.63. The lowest BCUT2D eigenvalue weighted by Gasteiger charge is -2.38. The van der Waals surface area contributed by atoms with Gasteiger partial charge in [-0.1, -0.05) is 6.92 Å². The number of aliphatic hydroxyl groups excluding tert-OH is 1. The van der Waals surface area contributed by atoms with Gasteiger partial charge in [-0.2, -0.15) is 0 Å². The quantitative estimate of drug-likeness (QED) is 0.635. The molecule has 0 bridgehead atoms. The van der Waals surface area contributed by atoms with Crippen molar-refractivity contribution in [1.82, 2.24) is 9.80 Å². The summed E-state index contributed by atoms with van der Waals surface area (Å²) in [6.45, 7) is 4.50. The topological polar surface area (TPSA) is 100 Å². The molecule has 0 saturated carbocycles. The summed E-state index contributed by atoms with van der Waals surface area (Å²) in [5.41, 5.74) is 0. The zero-order valence-electron chi connectivity index (χ0n) is 11.9. The van der Waals surface area contributed by atoms with Crippen LogP contribution in [0.3, 0.4) is 0 Å². The summed E-state index contributed by atoms with van der Waals surface area (Å²) in [5.74, 6) is -0.771. The molecule has 116 valence electrons. The molecule has 1 N–H and O–H groups in total. The van der Waals surface area contributed by atoms with E-state index in [4.69, 9.17) is 4.42 Å². The molecule has 2 rings (SSSR count). The normalized spacial score (nSPS) is 17.7. The first kappa shape index (κ1) is 15.5. The number of carbonyl (C=O) groups is 1. The summed E-state index contributed by atoms with van der Waals surface area (Å²) >= 11 is 0. The number of nitrogens with zero attached hydrogens (tertiary/aromatic N) is 3. The van der Waals surface area contributed by atoms with Gasteiger partial charge < -0.3 is 14.4 Å². The lowest BCUT2D eigenvalue weighted by atomic mass is 10.1. The van der Waals surface area contributed by atoms with Gasteiger partial charge in [-0.3, -0.25) is 19.8 Å². The summed E-state index contributed by atoms with van der Waals surface area (Å²) in [7, 11) is 0. The molecule has 8 nitrogen and oxygen atoms in total. The van der Waals surface area contributed by atoms with Crippen molar-refractivity contribution >= 4 is 11.8 Å². The highest BCUT2D eigenvalue weighted by Crippen LogP contribution is 2.18. The number of furan rings is 1. The van der Waals surface area contributed by atoms with Crippen molar-refractivity contribution in [3.63, 3.8) is 0 Å². The van der Waals surface area contributed by atoms with Gasteiger partial charge in [0.25, 0.3) is 5.91 Å². The zero-order valence-corrected chi connectivity index (χ0v) is 11.9. The molecule has 1 aromatic rings. The highest BCUT2D eigenvalue weighted by molar-refractivity contribution is 5.91. The lowest BCUT2D eigenvalue weighted by molar-refractivity contribution is -0.402. The molecule has 1 aliphatic rings. The Labute approximate surface area is 122 Å². The second-order valence-electron chi connectivity index (χ2n) is 4.97. The SMILES string of the molecule is CCC(CO)N1CCN(C(=O)c2ccc([N+](=O)[O-])o2)CC1. The van der Waals surface area contributed by atoms with Crippen LogP contribution in [-0.4, -0.2) is 64.6 Å². The number of piperazine rings is 1. The third kappa shape index (κ3) is 3.40. The van der Waals surface area contributed by atoms with Crippen molar-refractivity contribution in [2.45, 2.75) is 19.4 Å². The number of amides is 1. The van der Waals surface area contributed by atoms with Gasteiger partial charge in [0.1, 0.15) is 4.92 Å². The van der Waals surface area contributed by atoms with Crippen LogP contribution in [0.2, 0.25) is 0 Å². The van der Waals surface area contributed by atoms with Gasteiger partial charge in [-0.05, 0) is 12.5 Å². The zero-order chi connectivity index (χ0) is 15.4. The largest absolute Gasteiger partial charge is 0.433 e. The molecular formula is C13H19N3O5. The van der Waals surface area contributed by atoms with Crippen molar-refractivity contribution in [3.8, 4) is 0 Å². The van der Waals surface area contributed by atoms with Gasteiger partial charge in [-0.25, -0.2) is 0 Å². The van der Waals surface area contributed by atoms with Gasteiger partial charge in [-0.15, -0.1) is 0 Å². The maximum Gasteiger partial charge on any atom is 0.433 e. The molecular weight excluding hydrogens is 278 g/mol. The van der Waals surface area contributed by atoms with E-state index < -0.39 is 10.8 Å². The summed E-state index contributed by atoms with van der Waals surface area (Å²) in [6.07, 6.45) is 0.856. The van der Waals surface area contributed by atoms with Crippen molar-refractivity contribution in [2.75, 3.05) is 32.8 Å². The van der Waals surface area contributed by atoms with Crippen LogP contribution in [0.25, 0.3) is 0 Å². The molecule has 1 aromatic heterocycles. The molecule has 1 atom stereocenters. The fraction of sp³-hybridized carbons (Fsp3) is 0.615. The van der Waals surface area contributed by atoms with Crippen LogP contribution in [0.15, 0.2) is 16.5 Å². The Hall–Kier alpha value is -1.93. The molecule has 0 spiro atoms. The van der Waals surface area contributed by atoms with Gasteiger partial charge in [0.05, 0.1) is 12.7 Å². The van der Waals surface area contributed by atoms with E-state index in [1.807, 2.05) is 6.92 Å². The van der Waals surface area contributed by atoms with Gasteiger partial charge in [0.15, 0.2) is 5.76 Å². The Morgan fingerprint density at radius 1 is 1.43 bits per heavy atom. The number of nitro groups is 1. The maximum atomic E-state index is 12.2. The van der Waals surface area contributed by atoms with E-state index in [0.29, 0.717) is 26.2 Å². The van der Waals surface area contributed by atoms with Crippen LogP contribution in [0.1, 0.15) is 23.9 Å². The Morgan fingerprint density at radius 3 is 2.57 bits per heavy atom. The predicted molar refractivity (Wildman–Crippen MR) is 74.0 cm³/mol. The predicted octanol–water partition coefficient (Wildman–Crippen LogP) is 0.717. The van der Waals surface area contributed by atoms with Crippen LogP contribution < -0.4 is 0 Å². The van der Waals surface area contributed by atoms with E-state index in [0.717, 1.165) is 6.42 Å². The van der Waals surface area contributed by atoms with E-state index in [1.54, 1.807) is 4.90 Å². The van der Waals surface area contributed by atoms with Gasteiger partial charge in [0.2, 0.25) is 0 Å². The monoisotopic (exact) mass is 297 g/mol. The molecule has 8 heteroatoms. The van der Waals surface area contributed by atoms with Crippen LogP contribution in [-0.2, 0) is 0 Å². The molecule has 1 fully saturated rings. The second-order valence-corrected chi connectivity index (χ2v) is 4.97. The minimum absolute atomic E-state index is 0.00986. The average Bonchev–Trinajstić information content (AvgIpc) is 2.98. The van der Waals surface area contributed by atoms with E-state index >= 15 is 0 Å². The van der Waals surface area contributed by atoms with Gasteiger partial charge >= 0.3 is 5.88 Å². The summed E-state index contributed by atoms with van der Waals surface area (Å²) in [5, 5.41) is 19.8. The van der Waals surface area contributed by atoms with Crippen LogP contribution >= 0.6 is 0 Å². The Kier molecular flexibility index (Phi) is 4.92. The molecule has 1 amide bonds. The summed E-state index contributed by atoms with van der Waals surface area (Å²) < 4.78 is 4.93. The summed E-state index contributed by atoms with van der Waals surface area (Å²) in [4.78, 5) is 25.8. The Bertz CT molecular complexity index is 504. The first-order chi connectivity index (χ1) is 10.1. The standard InChI is InChI=1S/C13H19N3O5/c1-2-10(9-17)14-5-7-15(8-6-14)13(18)11-3-4-12(21-11)16(19)20/h3-4,10,17H,2,5-9H2,1H3. The van der Waals surface area contributed by atoms with Crippen molar-refractivity contribution in [3.05, 3.63) is 28.0 Å². The van der Waals surface area contributed by atoms with E-state index in [9.17, 15) is 20.0 Å². The highest BCUT2D eigenvalue weighted by Gasteiger charge is 2.28. The maximum absolute atomic E-state index is 12.2. The fourth-order valence-electron chi connectivity index (χ4n) is 2.49. The molecule has 2 heterocycles. The lowest BCUT2D eigenvalue weighted by Crippen LogP contribution is -2.52.